The number of nitrogens with one attached hydrogen (secondary N) is 1. The summed E-state index contributed by atoms with van der Waals surface area (Å²) >= 11 is 6.03. The third-order valence-electron chi connectivity index (χ3n) is 4.60. The zero-order valence-corrected chi connectivity index (χ0v) is 16.0. The largest absolute Gasteiger partial charge is 0.495 e. The van der Waals surface area contributed by atoms with Crippen LogP contribution < -0.4 is 15.0 Å². The first-order valence-electron chi connectivity index (χ1n) is 8.50. The van der Waals surface area contributed by atoms with Crippen molar-refractivity contribution in [1.29, 1.82) is 0 Å². The number of hydrogen-bond donors (Lipinski definition) is 1. The monoisotopic (exact) mass is 403 g/mol. The molecule has 0 aromatic heterocycles. The van der Waals surface area contributed by atoms with Crippen LogP contribution in [-0.2, 0) is 9.59 Å². The van der Waals surface area contributed by atoms with Gasteiger partial charge in [-0.25, -0.2) is 0 Å². The summed E-state index contributed by atoms with van der Waals surface area (Å²) in [7, 11) is 1.49. The number of ether oxygens (including phenoxy) is 1. The van der Waals surface area contributed by atoms with E-state index in [1.54, 1.807) is 37.3 Å². The first-order valence-corrected chi connectivity index (χ1v) is 8.87. The van der Waals surface area contributed by atoms with Crippen molar-refractivity contribution in [1.82, 2.24) is 0 Å². The summed E-state index contributed by atoms with van der Waals surface area (Å²) in [5.41, 5.74) is 1.23. The van der Waals surface area contributed by atoms with Crippen molar-refractivity contribution in [3.63, 3.8) is 0 Å². The zero-order valence-electron chi connectivity index (χ0n) is 15.3. The fourth-order valence-corrected chi connectivity index (χ4v) is 3.28. The van der Waals surface area contributed by atoms with E-state index in [2.05, 4.69) is 5.32 Å². The number of benzene rings is 2. The van der Waals surface area contributed by atoms with E-state index in [1.807, 2.05) is 0 Å². The second kappa shape index (κ2) is 7.85. The molecule has 9 heteroatoms. The SMILES string of the molecule is COc1ccc(Cl)cc1N1C[C@@H](C(=O)Nc2ccc(C)c([N+](=O)[O-])c2)CC1=O. The molecule has 1 heterocycles. The fourth-order valence-electron chi connectivity index (χ4n) is 3.12. The fraction of sp³-hybridized carbons (Fsp3) is 0.263. The molecule has 146 valence electrons. The van der Waals surface area contributed by atoms with E-state index in [-0.39, 0.29) is 30.5 Å². The topological polar surface area (TPSA) is 102 Å². The molecule has 1 atom stereocenters. The molecule has 3 rings (SSSR count). The number of carbonyl (C=O) groups excluding carboxylic acids is 2. The van der Waals surface area contributed by atoms with E-state index in [4.69, 9.17) is 16.3 Å². The molecule has 2 aromatic rings. The van der Waals surface area contributed by atoms with Gasteiger partial charge >= 0.3 is 0 Å². The Balaban J connectivity index is 1.77. The molecule has 0 aliphatic carbocycles. The predicted octanol–water partition coefficient (Wildman–Crippen LogP) is 3.56. The normalized spacial score (nSPS) is 16.2. The zero-order chi connectivity index (χ0) is 20.4. The maximum absolute atomic E-state index is 12.6. The van der Waals surface area contributed by atoms with Crippen molar-refractivity contribution in [2.75, 3.05) is 23.9 Å². The van der Waals surface area contributed by atoms with E-state index < -0.39 is 10.8 Å². The maximum atomic E-state index is 12.6. The summed E-state index contributed by atoms with van der Waals surface area (Å²) < 4.78 is 5.28. The van der Waals surface area contributed by atoms with Gasteiger partial charge in [-0.3, -0.25) is 19.7 Å². The lowest BCUT2D eigenvalue weighted by Gasteiger charge is -2.20. The van der Waals surface area contributed by atoms with Crippen molar-refractivity contribution in [3.8, 4) is 5.75 Å². The Morgan fingerprint density at radius 2 is 2.07 bits per heavy atom. The number of hydrogen-bond acceptors (Lipinski definition) is 5. The molecule has 0 unspecified atom stereocenters. The number of methoxy groups -OCH3 is 1. The van der Waals surface area contributed by atoms with Crippen molar-refractivity contribution in [2.45, 2.75) is 13.3 Å². The van der Waals surface area contributed by atoms with Gasteiger partial charge in [0.15, 0.2) is 0 Å². The number of anilines is 2. The summed E-state index contributed by atoms with van der Waals surface area (Å²) in [4.78, 5) is 37.1. The molecular weight excluding hydrogens is 386 g/mol. The first kappa shape index (κ1) is 19.6. The molecule has 2 amide bonds. The molecular formula is C19H18ClN3O5. The molecule has 28 heavy (non-hydrogen) atoms. The molecule has 0 saturated carbocycles. The Hall–Kier alpha value is -3.13. The minimum atomic E-state index is -0.600. The predicted molar refractivity (Wildman–Crippen MR) is 105 cm³/mol. The number of nitrogens with zero attached hydrogens (tertiary/aromatic N) is 2. The van der Waals surface area contributed by atoms with Crippen LogP contribution in [0.25, 0.3) is 0 Å². The number of halogens is 1. The van der Waals surface area contributed by atoms with E-state index in [9.17, 15) is 19.7 Å². The molecule has 1 N–H and O–H groups in total. The van der Waals surface area contributed by atoms with Gasteiger partial charge in [-0.2, -0.15) is 0 Å². The van der Waals surface area contributed by atoms with Crippen molar-refractivity contribution in [3.05, 3.63) is 57.1 Å². The average molecular weight is 404 g/mol. The van der Waals surface area contributed by atoms with Crippen LogP contribution >= 0.6 is 11.6 Å². The smallest absolute Gasteiger partial charge is 0.274 e. The van der Waals surface area contributed by atoms with Crippen molar-refractivity contribution >= 4 is 40.5 Å². The Morgan fingerprint density at radius 1 is 1.32 bits per heavy atom. The Labute approximate surface area is 166 Å². The Bertz CT molecular complexity index is 963. The van der Waals surface area contributed by atoms with Crippen molar-refractivity contribution < 1.29 is 19.2 Å². The lowest BCUT2D eigenvalue weighted by molar-refractivity contribution is -0.385. The second-order valence-corrected chi connectivity index (χ2v) is 6.91. The van der Waals surface area contributed by atoms with Gasteiger partial charge in [0.05, 0.1) is 23.6 Å². The van der Waals surface area contributed by atoms with E-state index in [0.717, 1.165) is 0 Å². The van der Waals surface area contributed by atoms with Gasteiger partial charge in [0.1, 0.15) is 5.75 Å². The molecule has 2 aromatic carbocycles. The van der Waals surface area contributed by atoms with Crippen LogP contribution in [0, 0.1) is 23.0 Å². The van der Waals surface area contributed by atoms with Crippen LogP contribution in [0.3, 0.4) is 0 Å². The standard InChI is InChI=1S/C19H18ClN3O5/c1-11-3-5-14(9-15(11)23(26)27)21-19(25)12-7-18(24)22(10-12)16-8-13(20)4-6-17(16)28-2/h3-6,8-9,12H,7,10H2,1-2H3,(H,21,25)/t12-/m0/s1. The highest BCUT2D eigenvalue weighted by Gasteiger charge is 2.36. The quantitative estimate of drug-likeness (QED) is 0.607. The van der Waals surface area contributed by atoms with Gasteiger partial charge in [-0.05, 0) is 31.2 Å². The minimum Gasteiger partial charge on any atom is -0.495 e. The van der Waals surface area contributed by atoms with E-state index >= 15 is 0 Å². The van der Waals surface area contributed by atoms with Crippen molar-refractivity contribution in [2.24, 2.45) is 5.92 Å². The van der Waals surface area contributed by atoms with Gasteiger partial charge in [-0.1, -0.05) is 17.7 Å². The lowest BCUT2D eigenvalue weighted by Crippen LogP contribution is -2.28. The third-order valence-corrected chi connectivity index (χ3v) is 4.84. The molecule has 1 saturated heterocycles. The summed E-state index contributed by atoms with van der Waals surface area (Å²) in [5.74, 6) is -0.727. The molecule has 0 spiro atoms. The highest BCUT2D eigenvalue weighted by molar-refractivity contribution is 6.31. The minimum absolute atomic E-state index is 0.0233. The third kappa shape index (κ3) is 3.91. The Kier molecular flexibility index (Phi) is 5.51. The molecule has 1 aliphatic rings. The number of carbonyl (C=O) groups is 2. The van der Waals surface area contributed by atoms with Crippen LogP contribution in [0.1, 0.15) is 12.0 Å². The summed E-state index contributed by atoms with van der Waals surface area (Å²) in [6, 6.07) is 9.39. The number of amides is 2. The van der Waals surface area contributed by atoms with Gasteiger partial charge < -0.3 is 15.0 Å². The summed E-state index contributed by atoms with van der Waals surface area (Å²) in [6.07, 6.45) is 0.0233. The lowest BCUT2D eigenvalue weighted by atomic mass is 10.1. The van der Waals surface area contributed by atoms with Crippen LogP contribution in [0.4, 0.5) is 17.1 Å². The van der Waals surface area contributed by atoms with Crippen LogP contribution in [-0.4, -0.2) is 30.4 Å². The van der Waals surface area contributed by atoms with Crippen LogP contribution in [0.2, 0.25) is 5.02 Å². The van der Waals surface area contributed by atoms with E-state index in [0.29, 0.717) is 27.7 Å². The second-order valence-electron chi connectivity index (χ2n) is 6.47. The average Bonchev–Trinajstić information content (AvgIpc) is 3.04. The number of nitro benzene ring substituents is 1. The molecule has 8 nitrogen and oxygen atoms in total. The Morgan fingerprint density at radius 3 is 2.75 bits per heavy atom. The van der Waals surface area contributed by atoms with Gasteiger partial charge in [0.2, 0.25) is 11.8 Å². The molecule has 0 radical (unpaired) electrons. The summed E-state index contributed by atoms with van der Waals surface area (Å²) in [5, 5.41) is 14.2. The molecule has 1 fully saturated rings. The van der Waals surface area contributed by atoms with Gasteiger partial charge in [0.25, 0.3) is 5.69 Å². The van der Waals surface area contributed by atoms with Crippen LogP contribution in [0.15, 0.2) is 36.4 Å². The van der Waals surface area contributed by atoms with Gasteiger partial charge in [-0.15, -0.1) is 0 Å². The highest BCUT2D eigenvalue weighted by Crippen LogP contribution is 2.35. The van der Waals surface area contributed by atoms with Gasteiger partial charge in [0, 0.05) is 35.3 Å². The van der Waals surface area contributed by atoms with E-state index in [1.165, 1.54) is 18.1 Å². The first-order chi connectivity index (χ1) is 13.3. The number of aryl methyl sites for hydroxylation is 1. The van der Waals surface area contributed by atoms with Crippen LogP contribution in [0.5, 0.6) is 5.75 Å². The maximum Gasteiger partial charge on any atom is 0.274 e. The molecule has 1 aliphatic heterocycles. The summed E-state index contributed by atoms with van der Waals surface area (Å²) in [6.45, 7) is 1.78. The highest BCUT2D eigenvalue weighted by atomic mass is 35.5. The molecule has 0 bridgehead atoms. The number of nitro groups is 1. The number of rotatable bonds is 5.